The first-order valence-electron chi connectivity index (χ1n) is 31.1. The molecule has 492 valence electrons. The van der Waals surface area contributed by atoms with Gasteiger partial charge in [-0.15, -0.1) is 0 Å². The molecule has 0 aromatic carbocycles. The van der Waals surface area contributed by atoms with E-state index >= 15 is 9.59 Å². The number of likely N-dealkylation sites (N-methyl/N-ethyl adjacent to an activating group) is 7. The van der Waals surface area contributed by atoms with Crippen LogP contribution in [0.5, 0.6) is 0 Å². The summed E-state index contributed by atoms with van der Waals surface area (Å²) in [4.78, 5) is 169. The molecule has 0 radical (unpaired) electrons. The highest BCUT2D eigenvalue weighted by molar-refractivity contribution is 5.99. The molecule has 11 amide bonds. The fourth-order valence-electron chi connectivity index (χ4n) is 10.9. The fourth-order valence-corrected chi connectivity index (χ4v) is 10.9. The lowest BCUT2D eigenvalue weighted by Crippen LogP contribution is -2.63. The number of aliphatic hydroxyl groups is 1. The van der Waals surface area contributed by atoms with Crippen molar-refractivity contribution in [3.63, 3.8) is 0 Å². The normalized spacial score (nSPS) is 26.7. The molecule has 1 heterocycles. The van der Waals surface area contributed by atoms with Crippen molar-refractivity contribution >= 4 is 65.0 Å². The van der Waals surface area contributed by atoms with Crippen molar-refractivity contribution in [1.29, 1.82) is 0 Å². The van der Waals surface area contributed by atoms with Gasteiger partial charge in [-0.1, -0.05) is 116 Å². The Morgan fingerprint density at radius 1 is 0.453 bits per heavy atom. The first kappa shape index (κ1) is 77.9. The Balaban J connectivity index is 4.36. The first-order chi connectivity index (χ1) is 39.7. The van der Waals surface area contributed by atoms with Gasteiger partial charge in [0.05, 0.1) is 12.6 Å². The summed E-state index contributed by atoms with van der Waals surface area (Å²) < 4.78 is 0. The number of nitrogens with zero attached hydrogens (tertiary/aromatic N) is 7. The van der Waals surface area contributed by atoms with Crippen molar-refractivity contribution in [3.8, 4) is 0 Å². The molecule has 5 N–H and O–H groups in total. The minimum Gasteiger partial charge on any atom is -0.390 e. The molecule has 1 aliphatic heterocycles. The summed E-state index contributed by atoms with van der Waals surface area (Å²) in [6.07, 6.45) is 3.14. The van der Waals surface area contributed by atoms with Crippen LogP contribution in [0.15, 0.2) is 12.2 Å². The van der Waals surface area contributed by atoms with E-state index in [1.165, 1.54) is 80.8 Å². The summed E-state index contributed by atoms with van der Waals surface area (Å²) in [5.74, 6) is -9.64. The van der Waals surface area contributed by atoms with Crippen LogP contribution in [-0.4, -0.2) is 227 Å². The van der Waals surface area contributed by atoms with Gasteiger partial charge in [-0.05, 0) is 100 Å². The van der Waals surface area contributed by atoms with Gasteiger partial charge in [0, 0.05) is 49.3 Å². The van der Waals surface area contributed by atoms with Gasteiger partial charge in [0.25, 0.3) is 0 Å². The summed E-state index contributed by atoms with van der Waals surface area (Å²) in [5, 5.41) is 23.2. The Morgan fingerprint density at radius 2 is 0.860 bits per heavy atom. The molecule has 1 fully saturated rings. The molecule has 0 spiro atoms. The number of hydrogen-bond acceptors (Lipinski definition) is 12. The third-order valence-electron chi connectivity index (χ3n) is 16.4. The molecule has 2 unspecified atom stereocenters. The molecular formula is C63H113N11O12. The van der Waals surface area contributed by atoms with Crippen molar-refractivity contribution in [2.45, 2.75) is 229 Å². The second kappa shape index (κ2) is 35.6. The standard InChI is InChI=1S/C63H113N11O12/c1-25-28-29-41(16)53(76)52-57(80)66-44(27-3)59(82)68(18)34-49(75)69(19)45(30-35(4)5)56(79)67-50(39(12)13)62(85)70(20)46(31-36(6)7)55(78)65-43(26-2)54(77)64-42(17)58(81)71(21)47(32-37(8)9)60(83)72(22)48(33-38(10)11)61(84)73(23)51(40(14)15)63(86)74(52)24/h25,28,35-48,50-53,76H,26-27,29-34H2,1-24H3,(H,64,77)(H,65,78)(H,66,80)(H,67,79)/b28-25+/t41-,42-,43?,44+,45?,46+,47+,48-,50+,51+,52+,53-/m1/s1. The Labute approximate surface area is 515 Å². The predicted molar refractivity (Wildman–Crippen MR) is 333 cm³/mol. The average molecular weight is 1220 g/mol. The van der Waals surface area contributed by atoms with Gasteiger partial charge < -0.3 is 60.7 Å². The second-order valence-electron chi connectivity index (χ2n) is 26.3. The van der Waals surface area contributed by atoms with E-state index in [9.17, 15) is 48.3 Å². The second-order valence-corrected chi connectivity index (χ2v) is 26.3. The van der Waals surface area contributed by atoms with Crippen molar-refractivity contribution < 1.29 is 57.8 Å². The zero-order valence-electron chi connectivity index (χ0n) is 56.8. The van der Waals surface area contributed by atoms with Crippen LogP contribution in [0.1, 0.15) is 163 Å². The van der Waals surface area contributed by atoms with Gasteiger partial charge in [0.2, 0.25) is 65.0 Å². The summed E-state index contributed by atoms with van der Waals surface area (Å²) in [6, 6.07) is -12.3. The van der Waals surface area contributed by atoms with Gasteiger partial charge in [0.1, 0.15) is 60.4 Å². The lowest BCUT2D eigenvalue weighted by molar-refractivity contribution is -0.157. The smallest absolute Gasteiger partial charge is 0.246 e. The van der Waals surface area contributed by atoms with Gasteiger partial charge >= 0.3 is 0 Å². The Hall–Kier alpha value is -6.13. The van der Waals surface area contributed by atoms with Crippen LogP contribution in [0.2, 0.25) is 0 Å². The molecular weight excluding hydrogens is 1100 g/mol. The fraction of sp³-hybridized carbons (Fsp3) is 0.794. The third-order valence-corrected chi connectivity index (χ3v) is 16.4. The molecule has 0 aliphatic carbocycles. The molecule has 0 bridgehead atoms. The molecule has 1 rings (SSSR count). The molecule has 0 aromatic rings. The molecule has 1 saturated heterocycles. The van der Waals surface area contributed by atoms with E-state index in [-0.39, 0.29) is 62.2 Å². The lowest BCUT2D eigenvalue weighted by atomic mass is 9.91. The Bertz CT molecular complexity index is 2340. The molecule has 12 atom stereocenters. The van der Waals surface area contributed by atoms with E-state index in [2.05, 4.69) is 21.3 Å². The zero-order valence-corrected chi connectivity index (χ0v) is 56.8. The molecule has 23 nitrogen and oxygen atoms in total. The number of carbonyl (C=O) groups excluding carboxylic acids is 11. The summed E-state index contributed by atoms with van der Waals surface area (Å²) in [5.41, 5.74) is 0. The summed E-state index contributed by atoms with van der Waals surface area (Å²) in [7, 11) is 9.95. The Kier molecular flexibility index (Phi) is 32.3. The SMILES string of the molecule is C/C=C/C[C@@H](C)[C@@H](O)[C@H]1C(=O)N[C@@H](CC)C(=O)N(C)CC(=O)N(C)C(CC(C)C)C(=O)N[C@@H](C(C)C)C(=O)N(C)[C@@H](CC(C)C)C(=O)NC(CC)C(=O)N[C@H](C)C(=O)N(C)[C@@H](CC(C)C)C(=O)N(C)[C@H](CC(C)C)C(=O)N(C)[C@@H](C(C)C)C(=O)N1C. The number of rotatable bonds is 16. The van der Waals surface area contributed by atoms with E-state index in [1.807, 2.05) is 61.5 Å². The number of amides is 11. The molecule has 23 heteroatoms. The lowest BCUT2D eigenvalue weighted by Gasteiger charge is -2.41. The summed E-state index contributed by atoms with van der Waals surface area (Å²) >= 11 is 0. The van der Waals surface area contributed by atoms with Crippen LogP contribution >= 0.6 is 0 Å². The monoisotopic (exact) mass is 1220 g/mol. The highest BCUT2D eigenvalue weighted by Gasteiger charge is 2.46. The number of aliphatic hydroxyl groups excluding tert-OH is 1. The van der Waals surface area contributed by atoms with Gasteiger partial charge in [-0.3, -0.25) is 52.7 Å². The zero-order chi connectivity index (χ0) is 66.7. The molecule has 0 saturated carbocycles. The maximum absolute atomic E-state index is 15.1. The van der Waals surface area contributed by atoms with Crippen molar-refractivity contribution in [2.75, 3.05) is 55.9 Å². The van der Waals surface area contributed by atoms with Gasteiger partial charge in [-0.25, -0.2) is 0 Å². The van der Waals surface area contributed by atoms with E-state index in [0.29, 0.717) is 6.42 Å². The van der Waals surface area contributed by atoms with Gasteiger partial charge in [-0.2, -0.15) is 0 Å². The highest BCUT2D eigenvalue weighted by atomic mass is 16.3. The average Bonchev–Trinajstić information content (AvgIpc) is 2.32. The predicted octanol–water partition coefficient (Wildman–Crippen LogP) is 3.66. The third kappa shape index (κ3) is 21.6. The topological polar surface area (TPSA) is 279 Å². The maximum Gasteiger partial charge on any atom is 0.246 e. The van der Waals surface area contributed by atoms with E-state index in [4.69, 9.17) is 0 Å². The van der Waals surface area contributed by atoms with Crippen LogP contribution in [0, 0.1) is 41.4 Å². The minimum atomic E-state index is -1.61. The highest BCUT2D eigenvalue weighted by Crippen LogP contribution is 2.26. The van der Waals surface area contributed by atoms with Crippen molar-refractivity contribution in [2.24, 2.45) is 41.4 Å². The number of carbonyl (C=O) groups is 11. The first-order valence-corrected chi connectivity index (χ1v) is 31.1. The van der Waals surface area contributed by atoms with Crippen molar-refractivity contribution in [3.05, 3.63) is 12.2 Å². The van der Waals surface area contributed by atoms with Crippen molar-refractivity contribution in [1.82, 2.24) is 55.6 Å². The van der Waals surface area contributed by atoms with E-state index < -0.39 is 156 Å². The Morgan fingerprint density at radius 3 is 1.30 bits per heavy atom. The van der Waals surface area contributed by atoms with Crippen LogP contribution < -0.4 is 21.3 Å². The largest absolute Gasteiger partial charge is 0.390 e. The summed E-state index contributed by atoms with van der Waals surface area (Å²) in [6.45, 7) is 29.6. The van der Waals surface area contributed by atoms with Crippen LogP contribution in [-0.2, 0) is 52.7 Å². The van der Waals surface area contributed by atoms with Crippen LogP contribution in [0.3, 0.4) is 0 Å². The minimum absolute atomic E-state index is 0.0230. The number of allylic oxidation sites excluding steroid dienone is 2. The van der Waals surface area contributed by atoms with E-state index in [1.54, 1.807) is 61.5 Å². The molecule has 86 heavy (non-hydrogen) atoms. The molecule has 1 aliphatic rings. The maximum atomic E-state index is 15.1. The number of nitrogens with one attached hydrogen (secondary N) is 4. The molecule has 0 aromatic heterocycles. The number of hydrogen-bond donors (Lipinski definition) is 5. The quantitative estimate of drug-likeness (QED) is 0.139. The van der Waals surface area contributed by atoms with Crippen LogP contribution in [0.4, 0.5) is 0 Å². The van der Waals surface area contributed by atoms with E-state index in [0.717, 1.165) is 9.80 Å². The van der Waals surface area contributed by atoms with Gasteiger partial charge in [0.15, 0.2) is 0 Å². The van der Waals surface area contributed by atoms with Crippen LogP contribution in [0.25, 0.3) is 0 Å².